The zero-order valence-electron chi connectivity index (χ0n) is 11.1. The molecule has 1 aliphatic rings. The number of carboxylic acid groups (broad SMARTS) is 2. The highest BCUT2D eigenvalue weighted by Crippen LogP contribution is 2.39. The van der Waals surface area contributed by atoms with Gasteiger partial charge in [0.05, 0.1) is 11.8 Å². The SMILES string of the molecule is CCC(C(=O)O)C1[CH]CCC(C(CC)C(=O)O)C1. The van der Waals surface area contributed by atoms with Crippen molar-refractivity contribution in [3.63, 3.8) is 0 Å². The summed E-state index contributed by atoms with van der Waals surface area (Å²) < 4.78 is 0. The molecule has 2 N–H and O–H groups in total. The summed E-state index contributed by atoms with van der Waals surface area (Å²) in [6, 6.07) is 0. The Balaban J connectivity index is 2.70. The average molecular weight is 255 g/mol. The lowest BCUT2D eigenvalue weighted by molar-refractivity contribution is -0.145. The smallest absolute Gasteiger partial charge is 0.306 e. The van der Waals surface area contributed by atoms with Gasteiger partial charge in [-0.3, -0.25) is 9.59 Å². The van der Waals surface area contributed by atoms with Crippen LogP contribution in [0.25, 0.3) is 0 Å². The summed E-state index contributed by atoms with van der Waals surface area (Å²) in [4.78, 5) is 22.4. The van der Waals surface area contributed by atoms with E-state index < -0.39 is 11.9 Å². The first-order chi connectivity index (χ1) is 8.51. The monoisotopic (exact) mass is 255 g/mol. The summed E-state index contributed by atoms with van der Waals surface area (Å²) >= 11 is 0. The van der Waals surface area contributed by atoms with Crippen molar-refractivity contribution in [3.05, 3.63) is 6.42 Å². The van der Waals surface area contributed by atoms with E-state index in [0.29, 0.717) is 19.3 Å². The van der Waals surface area contributed by atoms with Crippen LogP contribution in [0.15, 0.2) is 0 Å². The molecule has 0 aliphatic heterocycles. The lowest BCUT2D eigenvalue weighted by atomic mass is 9.70. The van der Waals surface area contributed by atoms with Gasteiger partial charge in [0.15, 0.2) is 0 Å². The van der Waals surface area contributed by atoms with Crippen LogP contribution in [0.5, 0.6) is 0 Å². The van der Waals surface area contributed by atoms with Crippen LogP contribution in [0, 0.1) is 30.1 Å². The van der Waals surface area contributed by atoms with Gasteiger partial charge in [0, 0.05) is 0 Å². The number of rotatable bonds is 6. The topological polar surface area (TPSA) is 74.6 Å². The van der Waals surface area contributed by atoms with Gasteiger partial charge in [-0.05, 0) is 50.4 Å². The van der Waals surface area contributed by atoms with Crippen molar-refractivity contribution in [3.8, 4) is 0 Å². The Bertz CT molecular complexity index is 272. The van der Waals surface area contributed by atoms with Gasteiger partial charge in [0.1, 0.15) is 0 Å². The molecule has 4 nitrogen and oxygen atoms in total. The number of carboxylic acids is 2. The van der Waals surface area contributed by atoms with Gasteiger partial charge in [0.25, 0.3) is 0 Å². The molecule has 0 saturated heterocycles. The predicted octanol–water partition coefficient (Wildman–Crippen LogP) is 2.83. The second-order valence-corrected chi connectivity index (χ2v) is 5.18. The quantitative estimate of drug-likeness (QED) is 0.765. The Morgan fingerprint density at radius 1 is 1.17 bits per heavy atom. The highest BCUT2D eigenvalue weighted by molar-refractivity contribution is 5.71. The van der Waals surface area contributed by atoms with Crippen LogP contribution < -0.4 is 0 Å². The lowest BCUT2D eigenvalue weighted by Crippen LogP contribution is -2.33. The molecule has 0 aromatic rings. The summed E-state index contributed by atoms with van der Waals surface area (Å²) in [5, 5.41) is 18.4. The van der Waals surface area contributed by atoms with Crippen molar-refractivity contribution < 1.29 is 19.8 Å². The van der Waals surface area contributed by atoms with Gasteiger partial charge in [0.2, 0.25) is 0 Å². The number of carbonyl (C=O) groups is 2. The van der Waals surface area contributed by atoms with Crippen LogP contribution in [0.4, 0.5) is 0 Å². The van der Waals surface area contributed by atoms with E-state index in [1.165, 1.54) is 0 Å². The van der Waals surface area contributed by atoms with Gasteiger partial charge in [-0.1, -0.05) is 13.8 Å². The minimum atomic E-state index is -0.761. The van der Waals surface area contributed by atoms with Crippen LogP contribution >= 0.6 is 0 Å². The third-order valence-corrected chi connectivity index (χ3v) is 4.18. The summed E-state index contributed by atoms with van der Waals surface area (Å²) in [7, 11) is 0. The van der Waals surface area contributed by atoms with Crippen LogP contribution in [0.2, 0.25) is 0 Å². The minimum Gasteiger partial charge on any atom is -0.481 e. The summed E-state index contributed by atoms with van der Waals surface area (Å²) in [5.41, 5.74) is 0. The number of hydrogen-bond donors (Lipinski definition) is 2. The highest BCUT2D eigenvalue weighted by atomic mass is 16.4. The molecule has 1 fully saturated rings. The molecule has 0 aromatic heterocycles. The van der Waals surface area contributed by atoms with E-state index in [4.69, 9.17) is 0 Å². The number of aliphatic carboxylic acids is 2. The summed E-state index contributed by atoms with van der Waals surface area (Å²) in [6.07, 6.45) is 5.72. The van der Waals surface area contributed by atoms with Crippen molar-refractivity contribution in [2.45, 2.75) is 46.0 Å². The maximum absolute atomic E-state index is 11.2. The van der Waals surface area contributed by atoms with Crippen molar-refractivity contribution in [1.29, 1.82) is 0 Å². The fourth-order valence-electron chi connectivity index (χ4n) is 3.15. The van der Waals surface area contributed by atoms with Crippen molar-refractivity contribution >= 4 is 11.9 Å². The first kappa shape index (κ1) is 15.0. The Morgan fingerprint density at radius 3 is 2.17 bits per heavy atom. The van der Waals surface area contributed by atoms with Crippen molar-refractivity contribution in [1.82, 2.24) is 0 Å². The Morgan fingerprint density at radius 2 is 1.72 bits per heavy atom. The molecule has 18 heavy (non-hydrogen) atoms. The summed E-state index contributed by atoms with van der Waals surface area (Å²) in [5.74, 6) is -2.04. The molecule has 0 spiro atoms. The van der Waals surface area contributed by atoms with Gasteiger partial charge in [-0.2, -0.15) is 0 Å². The highest BCUT2D eigenvalue weighted by Gasteiger charge is 2.36. The molecule has 0 heterocycles. The second-order valence-electron chi connectivity index (χ2n) is 5.18. The first-order valence-electron chi connectivity index (χ1n) is 6.80. The second kappa shape index (κ2) is 6.76. The van der Waals surface area contributed by atoms with Gasteiger partial charge in [-0.25, -0.2) is 0 Å². The molecule has 4 heteroatoms. The van der Waals surface area contributed by atoms with Crippen LogP contribution in [-0.2, 0) is 9.59 Å². The molecule has 4 unspecified atom stereocenters. The van der Waals surface area contributed by atoms with Crippen LogP contribution in [0.3, 0.4) is 0 Å². The molecule has 0 amide bonds. The standard InChI is InChI=1S/C14H23O4/c1-3-11(13(15)16)9-6-5-7-10(8-9)12(4-2)14(17)18/h6,9-12H,3-5,7-8H2,1-2H3,(H,15,16)(H,17,18). The molecule has 1 aliphatic carbocycles. The van der Waals surface area contributed by atoms with Crippen molar-refractivity contribution in [2.75, 3.05) is 0 Å². The van der Waals surface area contributed by atoms with E-state index >= 15 is 0 Å². The van der Waals surface area contributed by atoms with E-state index in [9.17, 15) is 19.8 Å². The maximum Gasteiger partial charge on any atom is 0.306 e. The van der Waals surface area contributed by atoms with Crippen LogP contribution in [0.1, 0.15) is 46.0 Å². The molecule has 1 saturated carbocycles. The normalized spacial score (nSPS) is 27.4. The van der Waals surface area contributed by atoms with Gasteiger partial charge >= 0.3 is 11.9 Å². The molecule has 1 rings (SSSR count). The van der Waals surface area contributed by atoms with Gasteiger partial charge < -0.3 is 10.2 Å². The molecular formula is C14H23O4. The van der Waals surface area contributed by atoms with E-state index in [0.717, 1.165) is 12.8 Å². The van der Waals surface area contributed by atoms with E-state index in [2.05, 4.69) is 6.42 Å². The van der Waals surface area contributed by atoms with E-state index in [-0.39, 0.29) is 23.7 Å². The molecule has 1 radical (unpaired) electrons. The molecule has 4 atom stereocenters. The fraction of sp³-hybridized carbons (Fsp3) is 0.786. The molecule has 0 aromatic carbocycles. The van der Waals surface area contributed by atoms with Crippen LogP contribution in [-0.4, -0.2) is 22.2 Å². The van der Waals surface area contributed by atoms with Gasteiger partial charge in [-0.15, -0.1) is 0 Å². The molecule has 103 valence electrons. The van der Waals surface area contributed by atoms with Crippen molar-refractivity contribution in [2.24, 2.45) is 23.7 Å². The van der Waals surface area contributed by atoms with E-state index in [1.807, 2.05) is 13.8 Å². The third-order valence-electron chi connectivity index (χ3n) is 4.18. The average Bonchev–Trinajstić information content (AvgIpc) is 2.30. The first-order valence-corrected chi connectivity index (χ1v) is 6.80. The molecule has 0 bridgehead atoms. The zero-order chi connectivity index (χ0) is 13.7. The molecular weight excluding hydrogens is 232 g/mol. The lowest BCUT2D eigenvalue weighted by Gasteiger charge is -2.34. The third kappa shape index (κ3) is 3.47. The summed E-state index contributed by atoms with van der Waals surface area (Å²) in [6.45, 7) is 3.77. The number of hydrogen-bond acceptors (Lipinski definition) is 2. The Kier molecular flexibility index (Phi) is 5.63. The largest absolute Gasteiger partial charge is 0.481 e. The minimum absolute atomic E-state index is 0.0275. The van der Waals surface area contributed by atoms with E-state index in [1.54, 1.807) is 0 Å². The maximum atomic E-state index is 11.2. The Labute approximate surface area is 108 Å². The Hall–Kier alpha value is -1.06. The fourth-order valence-corrected chi connectivity index (χ4v) is 3.15. The zero-order valence-corrected chi connectivity index (χ0v) is 11.1. The predicted molar refractivity (Wildman–Crippen MR) is 68.0 cm³/mol.